The second-order valence-electron chi connectivity index (χ2n) is 6.06. The van der Waals surface area contributed by atoms with Gasteiger partial charge in [0.15, 0.2) is 5.96 Å². The number of hydrogen-bond acceptors (Lipinski definition) is 2. The fourth-order valence-electron chi connectivity index (χ4n) is 2.81. The lowest BCUT2D eigenvalue weighted by atomic mass is 9.96. The summed E-state index contributed by atoms with van der Waals surface area (Å²) in [4.78, 5) is 4.31. The van der Waals surface area contributed by atoms with Crippen LogP contribution >= 0.6 is 15.9 Å². The maximum Gasteiger partial charge on any atom is 0.191 e. The molecule has 6 heteroatoms. The van der Waals surface area contributed by atoms with Crippen LogP contribution in [0.25, 0.3) is 0 Å². The van der Waals surface area contributed by atoms with Gasteiger partial charge < -0.3 is 10.6 Å². The van der Waals surface area contributed by atoms with Gasteiger partial charge in [0.25, 0.3) is 0 Å². The second kappa shape index (κ2) is 6.74. The molecule has 0 amide bonds. The largest absolute Gasteiger partial charge is 0.356 e. The SMILES string of the molecule is CN=C(NCc1cnn(C)c1)NCC1(c2ccccc2Br)CC1. The highest BCUT2D eigenvalue weighted by Crippen LogP contribution is 2.49. The van der Waals surface area contributed by atoms with Crippen LogP contribution in [0.1, 0.15) is 24.0 Å². The van der Waals surface area contributed by atoms with Crippen molar-refractivity contribution in [2.45, 2.75) is 24.8 Å². The lowest BCUT2D eigenvalue weighted by Crippen LogP contribution is -2.40. The maximum atomic E-state index is 4.31. The molecule has 2 aromatic rings. The van der Waals surface area contributed by atoms with Gasteiger partial charge in [0, 0.05) is 48.8 Å². The molecule has 122 valence electrons. The van der Waals surface area contributed by atoms with Crippen LogP contribution in [0.3, 0.4) is 0 Å². The van der Waals surface area contributed by atoms with E-state index in [1.165, 1.54) is 22.9 Å². The van der Waals surface area contributed by atoms with Gasteiger partial charge in [0.1, 0.15) is 0 Å². The summed E-state index contributed by atoms with van der Waals surface area (Å²) in [5, 5.41) is 11.0. The van der Waals surface area contributed by atoms with Crippen molar-refractivity contribution < 1.29 is 0 Å². The van der Waals surface area contributed by atoms with E-state index in [1.807, 2.05) is 19.4 Å². The number of nitrogens with one attached hydrogen (secondary N) is 2. The van der Waals surface area contributed by atoms with Crippen LogP contribution in [0.5, 0.6) is 0 Å². The summed E-state index contributed by atoms with van der Waals surface area (Å²) < 4.78 is 3.00. The molecule has 0 unspecified atom stereocenters. The molecule has 1 heterocycles. The summed E-state index contributed by atoms with van der Waals surface area (Å²) >= 11 is 3.68. The van der Waals surface area contributed by atoms with Crippen molar-refractivity contribution in [1.82, 2.24) is 20.4 Å². The van der Waals surface area contributed by atoms with Gasteiger partial charge in [-0.1, -0.05) is 34.1 Å². The van der Waals surface area contributed by atoms with Gasteiger partial charge in [-0.25, -0.2) is 0 Å². The van der Waals surface area contributed by atoms with Crippen molar-refractivity contribution in [1.29, 1.82) is 0 Å². The van der Waals surface area contributed by atoms with Crippen LogP contribution in [-0.4, -0.2) is 29.3 Å². The first kappa shape index (κ1) is 16.1. The third-order valence-electron chi connectivity index (χ3n) is 4.33. The summed E-state index contributed by atoms with van der Waals surface area (Å²) in [6, 6.07) is 8.50. The molecule has 1 aliphatic rings. The Labute approximate surface area is 145 Å². The molecular weight excluding hydrogens is 354 g/mol. The van der Waals surface area contributed by atoms with Crippen molar-refractivity contribution >= 4 is 21.9 Å². The first-order valence-corrected chi connectivity index (χ1v) is 8.59. The van der Waals surface area contributed by atoms with Gasteiger partial charge in [-0.2, -0.15) is 5.10 Å². The Kier molecular flexibility index (Phi) is 4.71. The molecule has 23 heavy (non-hydrogen) atoms. The molecular formula is C17H22BrN5. The van der Waals surface area contributed by atoms with E-state index in [0.717, 1.165) is 24.6 Å². The standard InChI is InChI=1S/C17H22BrN5/c1-19-16(20-9-13-10-22-23(2)11-13)21-12-17(7-8-17)14-5-3-4-6-15(14)18/h3-6,10-11H,7-9,12H2,1-2H3,(H2,19,20,21). The molecule has 2 N–H and O–H groups in total. The third kappa shape index (κ3) is 3.75. The van der Waals surface area contributed by atoms with Crippen molar-refractivity contribution in [3.05, 3.63) is 52.3 Å². The first-order chi connectivity index (χ1) is 11.1. The molecule has 1 fully saturated rings. The minimum absolute atomic E-state index is 0.228. The van der Waals surface area contributed by atoms with E-state index >= 15 is 0 Å². The summed E-state index contributed by atoms with van der Waals surface area (Å²) in [5.41, 5.74) is 2.75. The van der Waals surface area contributed by atoms with Crippen molar-refractivity contribution in [3.8, 4) is 0 Å². The molecule has 3 rings (SSSR count). The molecule has 0 saturated heterocycles. The number of hydrogen-bond donors (Lipinski definition) is 2. The Morgan fingerprint density at radius 3 is 2.74 bits per heavy atom. The number of halogens is 1. The van der Waals surface area contributed by atoms with Crippen molar-refractivity contribution in [3.63, 3.8) is 0 Å². The Morgan fingerprint density at radius 1 is 1.35 bits per heavy atom. The summed E-state index contributed by atoms with van der Waals surface area (Å²) in [5.74, 6) is 0.826. The highest BCUT2D eigenvalue weighted by atomic mass is 79.9. The number of nitrogens with zero attached hydrogens (tertiary/aromatic N) is 3. The number of aryl methyl sites for hydroxylation is 1. The van der Waals surface area contributed by atoms with Gasteiger partial charge in [-0.05, 0) is 24.5 Å². The van der Waals surface area contributed by atoms with Crippen molar-refractivity contribution in [2.75, 3.05) is 13.6 Å². The molecule has 1 aromatic heterocycles. The quantitative estimate of drug-likeness (QED) is 0.623. The highest BCUT2D eigenvalue weighted by molar-refractivity contribution is 9.10. The van der Waals surface area contributed by atoms with Crippen LogP contribution in [0.15, 0.2) is 46.1 Å². The van der Waals surface area contributed by atoms with Gasteiger partial charge >= 0.3 is 0 Å². The summed E-state index contributed by atoms with van der Waals surface area (Å²) in [6.07, 6.45) is 6.29. The zero-order chi connectivity index (χ0) is 16.3. The molecule has 1 aliphatic carbocycles. The zero-order valence-electron chi connectivity index (χ0n) is 13.5. The average Bonchev–Trinajstić information content (AvgIpc) is 3.22. The van der Waals surface area contributed by atoms with Gasteiger partial charge in [0.2, 0.25) is 0 Å². The van der Waals surface area contributed by atoms with Crippen molar-refractivity contribution in [2.24, 2.45) is 12.0 Å². The number of benzene rings is 1. The Bertz CT molecular complexity index is 703. The topological polar surface area (TPSA) is 54.2 Å². The van der Waals surface area contributed by atoms with Crippen LogP contribution in [0.2, 0.25) is 0 Å². The van der Waals surface area contributed by atoms with E-state index in [9.17, 15) is 0 Å². The average molecular weight is 376 g/mol. The number of aliphatic imine (C=N–C) groups is 1. The molecule has 0 radical (unpaired) electrons. The highest BCUT2D eigenvalue weighted by Gasteiger charge is 2.45. The van der Waals surface area contributed by atoms with Crippen LogP contribution in [0, 0.1) is 0 Å². The van der Waals surface area contributed by atoms with Gasteiger partial charge in [0.05, 0.1) is 6.20 Å². The lowest BCUT2D eigenvalue weighted by Gasteiger charge is -2.20. The maximum absolute atomic E-state index is 4.31. The normalized spacial score (nSPS) is 16.2. The van der Waals surface area contributed by atoms with E-state index in [-0.39, 0.29) is 5.41 Å². The van der Waals surface area contributed by atoms with Crippen LogP contribution in [-0.2, 0) is 19.0 Å². The predicted molar refractivity (Wildman–Crippen MR) is 96.5 cm³/mol. The molecule has 0 aliphatic heterocycles. The molecule has 1 aromatic carbocycles. The van der Waals surface area contributed by atoms with E-state index < -0.39 is 0 Å². The number of guanidine groups is 1. The second-order valence-corrected chi connectivity index (χ2v) is 6.92. The minimum Gasteiger partial charge on any atom is -0.356 e. The number of aromatic nitrogens is 2. The van der Waals surface area contributed by atoms with Crippen LogP contribution in [0.4, 0.5) is 0 Å². The zero-order valence-corrected chi connectivity index (χ0v) is 15.1. The number of rotatable bonds is 5. The Morgan fingerprint density at radius 2 is 2.13 bits per heavy atom. The predicted octanol–water partition coefficient (Wildman–Crippen LogP) is 2.58. The fourth-order valence-corrected chi connectivity index (χ4v) is 3.51. The molecule has 5 nitrogen and oxygen atoms in total. The molecule has 0 atom stereocenters. The fraction of sp³-hybridized carbons (Fsp3) is 0.412. The monoisotopic (exact) mass is 375 g/mol. The summed E-state index contributed by atoms with van der Waals surface area (Å²) in [6.45, 7) is 1.61. The van der Waals surface area contributed by atoms with E-state index in [4.69, 9.17) is 0 Å². The van der Waals surface area contributed by atoms with E-state index in [2.05, 4.69) is 60.9 Å². The van der Waals surface area contributed by atoms with E-state index in [0.29, 0.717) is 0 Å². The minimum atomic E-state index is 0.228. The van der Waals surface area contributed by atoms with E-state index in [1.54, 1.807) is 11.7 Å². The first-order valence-electron chi connectivity index (χ1n) is 7.80. The molecule has 0 spiro atoms. The molecule has 0 bridgehead atoms. The third-order valence-corrected chi connectivity index (χ3v) is 5.03. The van der Waals surface area contributed by atoms with Crippen LogP contribution < -0.4 is 10.6 Å². The summed E-state index contributed by atoms with van der Waals surface area (Å²) in [7, 11) is 3.72. The molecule has 1 saturated carbocycles. The van der Waals surface area contributed by atoms with Gasteiger partial charge in [-0.3, -0.25) is 9.67 Å². The Hall–Kier alpha value is -1.82. The lowest BCUT2D eigenvalue weighted by molar-refractivity contribution is 0.643. The Balaban J connectivity index is 1.57. The van der Waals surface area contributed by atoms with Gasteiger partial charge in [-0.15, -0.1) is 0 Å². The smallest absolute Gasteiger partial charge is 0.191 e.